The summed E-state index contributed by atoms with van der Waals surface area (Å²) in [6.07, 6.45) is 0.866. The summed E-state index contributed by atoms with van der Waals surface area (Å²) in [5.41, 5.74) is 0. The molecule has 1 aromatic heterocycles. The lowest BCUT2D eigenvalue weighted by Crippen LogP contribution is -1.85. The van der Waals surface area contributed by atoms with Gasteiger partial charge in [0.1, 0.15) is 6.26 Å². The van der Waals surface area contributed by atoms with Crippen molar-refractivity contribution in [3.8, 4) is 0 Å². The molecule has 0 bridgehead atoms. The highest BCUT2D eigenvalue weighted by Gasteiger charge is 2.02. The van der Waals surface area contributed by atoms with E-state index in [1.807, 2.05) is 0 Å². The van der Waals surface area contributed by atoms with Crippen LogP contribution in [0.5, 0.6) is 0 Å². The second-order valence-corrected chi connectivity index (χ2v) is 1.36. The molecule has 9 heavy (non-hydrogen) atoms. The van der Waals surface area contributed by atoms with Crippen molar-refractivity contribution < 1.29 is 13.2 Å². The van der Waals surface area contributed by atoms with Crippen molar-refractivity contribution >= 4 is 5.83 Å². The van der Waals surface area contributed by atoms with Gasteiger partial charge in [0, 0.05) is 0 Å². The average molecular weight is 130 g/mol. The summed E-state index contributed by atoms with van der Waals surface area (Å²) in [4.78, 5) is 10.1. The van der Waals surface area contributed by atoms with Crippen LogP contribution in [0.25, 0.3) is 5.83 Å². The summed E-state index contributed by atoms with van der Waals surface area (Å²) < 4.78 is 20.2. The minimum atomic E-state index is -0.927. The fourth-order valence-corrected chi connectivity index (χ4v) is 0.359. The fraction of sp³-hybridized carbons (Fsp3) is 0. The van der Waals surface area contributed by atoms with E-state index in [1.165, 1.54) is 0 Å². The second kappa shape index (κ2) is 1.89. The zero-order chi connectivity index (χ0) is 6.85. The molecule has 3 nitrogen and oxygen atoms in total. The van der Waals surface area contributed by atoms with E-state index in [2.05, 4.69) is 15.4 Å². The van der Waals surface area contributed by atoms with Crippen molar-refractivity contribution in [3.63, 3.8) is 0 Å². The zero-order valence-corrected chi connectivity index (χ0v) is 4.39. The molecule has 0 N–H and O–H groups in total. The molecule has 4 heteroatoms. The molecule has 0 fully saturated rings. The van der Waals surface area contributed by atoms with Crippen LogP contribution in [-0.2, 0) is 0 Å². The van der Waals surface area contributed by atoms with Crippen LogP contribution in [-0.4, -0.2) is 0 Å². The maximum atomic E-state index is 12.0. The van der Waals surface area contributed by atoms with Crippen LogP contribution < -0.4 is 5.82 Å². The van der Waals surface area contributed by atoms with Crippen molar-refractivity contribution in [2.24, 2.45) is 0 Å². The molecule has 1 aromatic rings. The first-order valence-electron chi connectivity index (χ1n) is 2.13. The Morgan fingerprint density at radius 2 is 2.44 bits per heavy atom. The Morgan fingerprint density at radius 3 is 2.67 bits per heavy atom. The SMILES string of the molecule is C=C(F)c1coc(=O)o1. The minimum Gasteiger partial charge on any atom is -0.399 e. The van der Waals surface area contributed by atoms with Gasteiger partial charge in [0.25, 0.3) is 0 Å². The van der Waals surface area contributed by atoms with Gasteiger partial charge in [-0.15, -0.1) is 0 Å². The fourth-order valence-electron chi connectivity index (χ4n) is 0.359. The molecule has 0 spiro atoms. The highest BCUT2D eigenvalue weighted by Crippen LogP contribution is 2.09. The standard InChI is InChI=1S/C5H3FO3/c1-3(6)4-2-8-5(7)9-4/h2H,1H2. The van der Waals surface area contributed by atoms with Crippen LogP contribution in [0.1, 0.15) is 5.76 Å². The third-order valence-corrected chi connectivity index (χ3v) is 0.723. The van der Waals surface area contributed by atoms with Gasteiger partial charge in [-0.1, -0.05) is 6.58 Å². The molecule has 0 unspecified atom stereocenters. The maximum absolute atomic E-state index is 12.0. The molecular weight excluding hydrogens is 127 g/mol. The molecule has 0 aliphatic rings. The van der Waals surface area contributed by atoms with Gasteiger partial charge in [-0.25, -0.2) is 9.18 Å². The lowest BCUT2D eigenvalue weighted by molar-refractivity contribution is 0.380. The lowest BCUT2D eigenvalue weighted by Gasteiger charge is -1.78. The molecule has 0 saturated heterocycles. The van der Waals surface area contributed by atoms with Crippen LogP contribution in [0.2, 0.25) is 0 Å². The van der Waals surface area contributed by atoms with Gasteiger partial charge < -0.3 is 8.83 Å². The van der Waals surface area contributed by atoms with E-state index >= 15 is 0 Å². The van der Waals surface area contributed by atoms with E-state index in [0.717, 1.165) is 6.26 Å². The van der Waals surface area contributed by atoms with E-state index in [1.54, 1.807) is 0 Å². The molecule has 0 aliphatic heterocycles. The van der Waals surface area contributed by atoms with Crippen LogP contribution in [0, 0.1) is 0 Å². The van der Waals surface area contributed by atoms with E-state index in [-0.39, 0.29) is 5.76 Å². The Hall–Kier alpha value is -1.32. The van der Waals surface area contributed by atoms with Crippen LogP contribution >= 0.6 is 0 Å². The van der Waals surface area contributed by atoms with E-state index < -0.39 is 11.6 Å². The van der Waals surface area contributed by atoms with Gasteiger partial charge in [-0.2, -0.15) is 0 Å². The Kier molecular flexibility index (Phi) is 1.22. The topological polar surface area (TPSA) is 43.4 Å². The minimum absolute atomic E-state index is 0.264. The largest absolute Gasteiger partial charge is 0.519 e. The predicted octanol–water partition coefficient (Wildman–Crippen LogP) is 1.17. The highest BCUT2D eigenvalue weighted by molar-refractivity contribution is 5.48. The van der Waals surface area contributed by atoms with E-state index in [0.29, 0.717) is 0 Å². The molecule has 48 valence electrons. The number of hydrogen-bond acceptors (Lipinski definition) is 3. The molecular formula is C5H3FO3. The monoisotopic (exact) mass is 130 g/mol. The Balaban J connectivity index is 3.12. The Bertz CT molecular complexity index is 270. The van der Waals surface area contributed by atoms with Crippen molar-refractivity contribution in [2.75, 3.05) is 0 Å². The lowest BCUT2D eigenvalue weighted by atomic mass is 10.5. The zero-order valence-electron chi connectivity index (χ0n) is 4.39. The molecule has 1 rings (SSSR count). The first kappa shape index (κ1) is 5.81. The normalized spacial score (nSPS) is 9.44. The van der Waals surface area contributed by atoms with Gasteiger partial charge in [-0.3, -0.25) is 0 Å². The third-order valence-electron chi connectivity index (χ3n) is 0.723. The Morgan fingerprint density at radius 1 is 1.78 bits per heavy atom. The molecule has 0 atom stereocenters. The predicted molar refractivity (Wildman–Crippen MR) is 27.4 cm³/mol. The highest BCUT2D eigenvalue weighted by atomic mass is 19.1. The Labute approximate surface area is 49.4 Å². The molecule has 0 saturated carbocycles. The van der Waals surface area contributed by atoms with E-state index in [9.17, 15) is 9.18 Å². The van der Waals surface area contributed by atoms with Gasteiger partial charge in [0.15, 0.2) is 5.83 Å². The number of hydrogen-bond donors (Lipinski definition) is 0. The molecule has 0 radical (unpaired) electrons. The summed E-state index contributed by atoms with van der Waals surface area (Å²) >= 11 is 0. The summed E-state index contributed by atoms with van der Waals surface area (Å²) in [6.45, 7) is 2.88. The second-order valence-electron chi connectivity index (χ2n) is 1.36. The van der Waals surface area contributed by atoms with Crippen molar-refractivity contribution in [2.45, 2.75) is 0 Å². The van der Waals surface area contributed by atoms with Crippen LogP contribution in [0.4, 0.5) is 4.39 Å². The van der Waals surface area contributed by atoms with Gasteiger partial charge in [0.05, 0.1) is 0 Å². The molecule has 0 aliphatic carbocycles. The molecule has 0 aromatic carbocycles. The number of halogens is 1. The van der Waals surface area contributed by atoms with Crippen LogP contribution in [0.3, 0.4) is 0 Å². The maximum Gasteiger partial charge on any atom is 0.519 e. The first-order chi connectivity index (χ1) is 4.20. The first-order valence-corrected chi connectivity index (χ1v) is 2.13. The third kappa shape index (κ3) is 1.07. The molecule has 0 amide bonds. The van der Waals surface area contributed by atoms with Gasteiger partial charge >= 0.3 is 5.82 Å². The van der Waals surface area contributed by atoms with Gasteiger partial charge in [-0.05, 0) is 0 Å². The van der Waals surface area contributed by atoms with Crippen LogP contribution in [0.15, 0.2) is 26.5 Å². The van der Waals surface area contributed by atoms with Crippen molar-refractivity contribution in [3.05, 3.63) is 29.2 Å². The summed E-state index contributed by atoms with van der Waals surface area (Å²) in [7, 11) is 0. The van der Waals surface area contributed by atoms with Gasteiger partial charge in [0.2, 0.25) is 5.76 Å². The number of rotatable bonds is 1. The summed E-state index contributed by atoms with van der Waals surface area (Å²) in [5.74, 6) is -2.01. The summed E-state index contributed by atoms with van der Waals surface area (Å²) in [5, 5.41) is 0. The summed E-state index contributed by atoms with van der Waals surface area (Å²) in [6, 6.07) is 0. The smallest absolute Gasteiger partial charge is 0.399 e. The van der Waals surface area contributed by atoms with Crippen molar-refractivity contribution in [1.82, 2.24) is 0 Å². The quantitative estimate of drug-likeness (QED) is 0.573. The van der Waals surface area contributed by atoms with E-state index in [4.69, 9.17) is 0 Å². The average Bonchev–Trinajstić information content (AvgIpc) is 2.14. The molecule has 1 heterocycles. The van der Waals surface area contributed by atoms with Crippen molar-refractivity contribution in [1.29, 1.82) is 0 Å².